The van der Waals surface area contributed by atoms with Crippen molar-refractivity contribution in [3.63, 3.8) is 0 Å². The highest BCUT2D eigenvalue weighted by Crippen LogP contribution is 2.40. The monoisotopic (exact) mass is 245 g/mol. The Morgan fingerprint density at radius 3 is 3.00 bits per heavy atom. The molecular formula is C10H16BrNO. The highest BCUT2D eigenvalue weighted by Gasteiger charge is 2.44. The van der Waals surface area contributed by atoms with Gasteiger partial charge in [-0.2, -0.15) is 0 Å². The average Bonchev–Trinajstić information content (AvgIpc) is 2.89. The predicted octanol–water partition coefficient (Wildman–Crippen LogP) is 2.17. The Labute approximate surface area is 87.8 Å². The maximum atomic E-state index is 11.7. The van der Waals surface area contributed by atoms with Crippen LogP contribution in [-0.2, 0) is 4.79 Å². The SMILES string of the molecule is CCC1CC1N1CCCC(Br)C1=O. The molecule has 3 unspecified atom stereocenters. The van der Waals surface area contributed by atoms with E-state index in [0.717, 1.165) is 25.3 Å². The van der Waals surface area contributed by atoms with E-state index in [1.807, 2.05) is 0 Å². The zero-order valence-corrected chi connectivity index (χ0v) is 9.59. The van der Waals surface area contributed by atoms with Gasteiger partial charge in [0.1, 0.15) is 0 Å². The number of rotatable bonds is 2. The van der Waals surface area contributed by atoms with E-state index in [0.29, 0.717) is 11.9 Å². The average molecular weight is 246 g/mol. The fraction of sp³-hybridized carbons (Fsp3) is 0.900. The number of hydrogen-bond acceptors (Lipinski definition) is 1. The lowest BCUT2D eigenvalue weighted by Gasteiger charge is -2.30. The predicted molar refractivity (Wildman–Crippen MR) is 55.8 cm³/mol. The fourth-order valence-electron chi connectivity index (χ4n) is 2.24. The molecule has 74 valence electrons. The van der Waals surface area contributed by atoms with E-state index in [1.165, 1.54) is 12.8 Å². The van der Waals surface area contributed by atoms with Crippen LogP contribution in [0.2, 0.25) is 0 Å². The maximum absolute atomic E-state index is 11.7. The summed E-state index contributed by atoms with van der Waals surface area (Å²) in [6, 6.07) is 0.581. The number of alkyl halides is 1. The van der Waals surface area contributed by atoms with Gasteiger partial charge in [0, 0.05) is 12.6 Å². The number of hydrogen-bond donors (Lipinski definition) is 0. The molecule has 2 rings (SSSR count). The van der Waals surface area contributed by atoms with Crippen LogP contribution in [-0.4, -0.2) is 28.2 Å². The number of carbonyl (C=O) groups excluding carboxylic acids is 1. The van der Waals surface area contributed by atoms with Gasteiger partial charge in [-0.05, 0) is 25.2 Å². The van der Waals surface area contributed by atoms with E-state index in [1.54, 1.807) is 0 Å². The molecule has 1 saturated carbocycles. The second-order valence-electron chi connectivity index (χ2n) is 4.11. The molecule has 0 aromatic carbocycles. The third kappa shape index (κ3) is 1.76. The lowest BCUT2D eigenvalue weighted by Crippen LogP contribution is -2.43. The highest BCUT2D eigenvalue weighted by molar-refractivity contribution is 9.10. The van der Waals surface area contributed by atoms with E-state index in [2.05, 4.69) is 27.8 Å². The molecule has 2 aliphatic rings. The van der Waals surface area contributed by atoms with E-state index in [4.69, 9.17) is 0 Å². The highest BCUT2D eigenvalue weighted by atomic mass is 79.9. The first-order valence-electron chi connectivity index (χ1n) is 5.18. The van der Waals surface area contributed by atoms with Crippen LogP contribution in [0.5, 0.6) is 0 Å². The van der Waals surface area contributed by atoms with Gasteiger partial charge in [0.15, 0.2) is 0 Å². The molecule has 0 spiro atoms. The van der Waals surface area contributed by atoms with Gasteiger partial charge in [-0.15, -0.1) is 0 Å². The third-order valence-electron chi connectivity index (χ3n) is 3.22. The molecule has 0 radical (unpaired) electrons. The Balaban J connectivity index is 1.95. The van der Waals surface area contributed by atoms with Gasteiger partial charge in [-0.3, -0.25) is 4.79 Å². The van der Waals surface area contributed by atoms with Crippen LogP contribution in [0.25, 0.3) is 0 Å². The minimum atomic E-state index is 0.0966. The molecule has 3 heteroatoms. The molecule has 3 atom stereocenters. The van der Waals surface area contributed by atoms with E-state index < -0.39 is 0 Å². The van der Waals surface area contributed by atoms with E-state index in [-0.39, 0.29) is 4.83 Å². The number of piperidine rings is 1. The largest absolute Gasteiger partial charge is 0.338 e. The summed E-state index contributed by atoms with van der Waals surface area (Å²) in [4.78, 5) is 13.9. The molecule has 0 aromatic rings. The summed E-state index contributed by atoms with van der Waals surface area (Å²) in [6.45, 7) is 3.20. The summed E-state index contributed by atoms with van der Waals surface area (Å²) in [6.07, 6.45) is 4.64. The van der Waals surface area contributed by atoms with Crippen molar-refractivity contribution < 1.29 is 4.79 Å². The topological polar surface area (TPSA) is 20.3 Å². The van der Waals surface area contributed by atoms with Crippen molar-refractivity contribution in [3.05, 3.63) is 0 Å². The Kier molecular flexibility index (Phi) is 2.63. The van der Waals surface area contributed by atoms with E-state index >= 15 is 0 Å². The minimum Gasteiger partial charge on any atom is -0.338 e. The first kappa shape index (κ1) is 9.50. The molecule has 13 heavy (non-hydrogen) atoms. The van der Waals surface area contributed by atoms with E-state index in [9.17, 15) is 4.79 Å². The van der Waals surface area contributed by atoms with Gasteiger partial charge in [-0.25, -0.2) is 0 Å². The summed E-state index contributed by atoms with van der Waals surface area (Å²) in [5, 5.41) is 0. The molecule has 2 fully saturated rings. The fourth-order valence-corrected chi connectivity index (χ4v) is 2.82. The number of halogens is 1. The summed E-state index contributed by atoms with van der Waals surface area (Å²) < 4.78 is 0. The summed E-state index contributed by atoms with van der Waals surface area (Å²) >= 11 is 3.44. The Morgan fingerprint density at radius 1 is 1.62 bits per heavy atom. The number of likely N-dealkylation sites (tertiary alicyclic amines) is 1. The molecule has 1 aliphatic heterocycles. The van der Waals surface area contributed by atoms with Crippen molar-refractivity contribution in [2.45, 2.75) is 43.5 Å². The zero-order chi connectivity index (χ0) is 9.42. The second kappa shape index (κ2) is 3.60. The Morgan fingerprint density at radius 2 is 2.38 bits per heavy atom. The van der Waals surface area contributed by atoms with Crippen molar-refractivity contribution in [1.82, 2.24) is 4.90 Å². The lowest BCUT2D eigenvalue weighted by atomic mass is 10.1. The molecule has 1 amide bonds. The van der Waals surface area contributed by atoms with Crippen LogP contribution in [0.3, 0.4) is 0 Å². The lowest BCUT2D eigenvalue weighted by molar-refractivity contribution is -0.133. The normalized spacial score (nSPS) is 39.4. The quantitative estimate of drug-likeness (QED) is 0.684. The Bertz CT molecular complexity index is 219. The molecule has 1 aliphatic carbocycles. The van der Waals surface area contributed by atoms with Crippen molar-refractivity contribution in [2.24, 2.45) is 5.92 Å². The molecule has 2 nitrogen and oxygen atoms in total. The van der Waals surface area contributed by atoms with Crippen LogP contribution >= 0.6 is 15.9 Å². The minimum absolute atomic E-state index is 0.0966. The number of nitrogens with zero attached hydrogens (tertiary/aromatic N) is 1. The summed E-state index contributed by atoms with van der Waals surface area (Å²) in [5.41, 5.74) is 0. The number of carbonyl (C=O) groups is 1. The second-order valence-corrected chi connectivity index (χ2v) is 5.22. The summed E-state index contributed by atoms with van der Waals surface area (Å²) in [7, 11) is 0. The van der Waals surface area contributed by atoms with Crippen molar-refractivity contribution >= 4 is 21.8 Å². The molecule has 0 aromatic heterocycles. The summed E-state index contributed by atoms with van der Waals surface area (Å²) in [5.74, 6) is 1.12. The first-order valence-corrected chi connectivity index (χ1v) is 6.10. The van der Waals surface area contributed by atoms with Crippen LogP contribution in [0.15, 0.2) is 0 Å². The number of amides is 1. The van der Waals surface area contributed by atoms with Crippen LogP contribution < -0.4 is 0 Å². The van der Waals surface area contributed by atoms with Crippen molar-refractivity contribution in [2.75, 3.05) is 6.54 Å². The smallest absolute Gasteiger partial charge is 0.236 e. The molecule has 1 saturated heterocycles. The van der Waals surface area contributed by atoms with Crippen LogP contribution in [0.4, 0.5) is 0 Å². The first-order chi connectivity index (χ1) is 6.24. The van der Waals surface area contributed by atoms with Crippen LogP contribution in [0, 0.1) is 5.92 Å². The van der Waals surface area contributed by atoms with Gasteiger partial charge >= 0.3 is 0 Å². The molecule has 1 heterocycles. The van der Waals surface area contributed by atoms with Gasteiger partial charge in [0.25, 0.3) is 0 Å². The standard InChI is InChI=1S/C10H16BrNO/c1-2-7-6-9(7)12-5-3-4-8(11)10(12)13/h7-9H,2-6H2,1H3. The zero-order valence-electron chi connectivity index (χ0n) is 8.00. The molecular weight excluding hydrogens is 230 g/mol. The molecule has 0 bridgehead atoms. The van der Waals surface area contributed by atoms with Crippen molar-refractivity contribution in [3.8, 4) is 0 Å². The van der Waals surface area contributed by atoms with Gasteiger partial charge < -0.3 is 4.90 Å². The van der Waals surface area contributed by atoms with Gasteiger partial charge in [-0.1, -0.05) is 29.3 Å². The van der Waals surface area contributed by atoms with Gasteiger partial charge in [0.05, 0.1) is 4.83 Å². The van der Waals surface area contributed by atoms with Gasteiger partial charge in [0.2, 0.25) is 5.91 Å². The third-order valence-corrected chi connectivity index (χ3v) is 4.07. The molecule has 0 N–H and O–H groups in total. The Hall–Kier alpha value is -0.0500. The van der Waals surface area contributed by atoms with Crippen molar-refractivity contribution in [1.29, 1.82) is 0 Å². The maximum Gasteiger partial charge on any atom is 0.236 e. The van der Waals surface area contributed by atoms with Crippen LogP contribution in [0.1, 0.15) is 32.6 Å².